The van der Waals surface area contributed by atoms with Crippen LogP contribution < -0.4 is 0 Å². The summed E-state index contributed by atoms with van der Waals surface area (Å²) < 4.78 is 101. The van der Waals surface area contributed by atoms with Crippen LogP contribution in [0.2, 0.25) is 0 Å². The lowest BCUT2D eigenvalue weighted by atomic mass is 9.92. The lowest BCUT2D eigenvalue weighted by Crippen LogP contribution is -2.34. The van der Waals surface area contributed by atoms with Crippen molar-refractivity contribution in [3.05, 3.63) is 28.8 Å². The van der Waals surface area contributed by atoms with Crippen molar-refractivity contribution in [2.24, 2.45) is 0 Å². The first-order valence-corrected chi connectivity index (χ1v) is 5.54. The third-order valence-electron chi connectivity index (χ3n) is 3.03. The quantitative estimate of drug-likeness (QED) is 0.758. The summed E-state index contributed by atoms with van der Waals surface area (Å²) in [7, 11) is 0. The first kappa shape index (κ1) is 17.5. The molecule has 0 heterocycles. The van der Waals surface area contributed by atoms with Crippen LogP contribution in [0.5, 0.6) is 5.75 Å². The summed E-state index contributed by atoms with van der Waals surface area (Å²) in [6.45, 7) is 1.40. The molecule has 0 saturated carbocycles. The number of benzene rings is 1. The highest BCUT2D eigenvalue weighted by Gasteiger charge is 2.59. The summed E-state index contributed by atoms with van der Waals surface area (Å²) in [6.07, 6.45) is -10.8. The van der Waals surface area contributed by atoms with Gasteiger partial charge in [0.2, 0.25) is 0 Å². The van der Waals surface area contributed by atoms with E-state index in [2.05, 4.69) is 0 Å². The second-order valence-electron chi connectivity index (χ2n) is 4.56. The van der Waals surface area contributed by atoms with Crippen LogP contribution in [0.3, 0.4) is 0 Å². The van der Waals surface area contributed by atoms with Crippen LogP contribution in [0.15, 0.2) is 12.1 Å². The molecule has 1 N–H and O–H groups in total. The smallest absolute Gasteiger partial charge is 0.458 e. The number of alkyl halides is 8. The number of phenols is 1. The average molecular weight is 322 g/mol. The molecular weight excluding hydrogens is 312 g/mol. The molecule has 0 aromatic heterocycles. The normalized spacial score (nSPS) is 15.1. The van der Waals surface area contributed by atoms with Crippen molar-refractivity contribution in [3.8, 4) is 5.75 Å². The molecule has 0 aliphatic rings. The third kappa shape index (κ3) is 3.21. The van der Waals surface area contributed by atoms with Gasteiger partial charge in [-0.15, -0.1) is 0 Å². The highest BCUT2D eigenvalue weighted by atomic mass is 19.4. The molecule has 1 aromatic carbocycles. The van der Waals surface area contributed by atoms with Crippen molar-refractivity contribution in [2.45, 2.75) is 38.0 Å². The minimum Gasteiger partial charge on any atom is -0.508 e. The van der Waals surface area contributed by atoms with E-state index >= 15 is 0 Å². The van der Waals surface area contributed by atoms with E-state index in [9.17, 15) is 40.2 Å². The largest absolute Gasteiger partial charge is 0.508 e. The van der Waals surface area contributed by atoms with E-state index in [0.717, 1.165) is 6.92 Å². The number of rotatable bonds is 2. The summed E-state index contributed by atoms with van der Waals surface area (Å²) in [5, 5.41) is 9.39. The standard InChI is InChI=1S/C12H10F8O/c1-5-3-9(21)7(6(2)11(15,16)17)4-8(5)10(13,14)12(18,19)20/h3-4,6,21H,1-2H3. The fraction of sp³-hybridized carbons (Fsp3) is 0.500. The molecule has 0 aliphatic carbocycles. The van der Waals surface area contributed by atoms with Gasteiger partial charge < -0.3 is 5.11 Å². The summed E-state index contributed by atoms with van der Waals surface area (Å²) in [6, 6.07) is 0.517. The van der Waals surface area contributed by atoms with Gasteiger partial charge in [0.25, 0.3) is 0 Å². The molecule has 9 heteroatoms. The highest BCUT2D eigenvalue weighted by Crippen LogP contribution is 2.48. The van der Waals surface area contributed by atoms with Crippen molar-refractivity contribution in [1.29, 1.82) is 0 Å². The Balaban J connectivity index is 3.52. The Bertz CT molecular complexity index is 529. The number of aromatic hydroxyl groups is 1. The molecule has 0 saturated heterocycles. The van der Waals surface area contributed by atoms with Crippen molar-refractivity contribution < 1.29 is 40.2 Å². The highest BCUT2D eigenvalue weighted by molar-refractivity contribution is 5.45. The molecule has 1 atom stereocenters. The Morgan fingerprint density at radius 1 is 0.952 bits per heavy atom. The van der Waals surface area contributed by atoms with Crippen LogP contribution in [0.4, 0.5) is 35.1 Å². The minimum absolute atomic E-state index is 0.0519. The zero-order valence-corrected chi connectivity index (χ0v) is 10.7. The molecule has 0 bridgehead atoms. The van der Waals surface area contributed by atoms with E-state index in [1.165, 1.54) is 0 Å². The first-order chi connectivity index (χ1) is 9.19. The monoisotopic (exact) mass is 322 g/mol. The van der Waals surface area contributed by atoms with Crippen molar-refractivity contribution >= 4 is 0 Å². The molecule has 0 amide bonds. The van der Waals surface area contributed by atoms with Crippen LogP contribution in [-0.4, -0.2) is 17.5 Å². The maximum atomic E-state index is 13.3. The molecule has 0 fully saturated rings. The molecule has 0 radical (unpaired) electrons. The molecular formula is C12H10F8O. The van der Waals surface area contributed by atoms with Gasteiger partial charge in [0, 0.05) is 11.1 Å². The molecule has 120 valence electrons. The number of halogens is 8. The summed E-state index contributed by atoms with van der Waals surface area (Å²) in [5.74, 6) is -8.69. The lowest BCUT2D eigenvalue weighted by molar-refractivity contribution is -0.289. The summed E-state index contributed by atoms with van der Waals surface area (Å²) in [4.78, 5) is 0. The average Bonchev–Trinajstić information content (AvgIpc) is 2.25. The van der Waals surface area contributed by atoms with Gasteiger partial charge in [0.1, 0.15) is 5.75 Å². The van der Waals surface area contributed by atoms with Gasteiger partial charge in [-0.25, -0.2) is 0 Å². The van der Waals surface area contributed by atoms with E-state index in [0.29, 0.717) is 13.0 Å². The fourth-order valence-electron chi connectivity index (χ4n) is 1.72. The van der Waals surface area contributed by atoms with Crippen molar-refractivity contribution in [3.63, 3.8) is 0 Å². The zero-order chi connectivity index (χ0) is 16.8. The van der Waals surface area contributed by atoms with Crippen LogP contribution >= 0.6 is 0 Å². The lowest BCUT2D eigenvalue weighted by Gasteiger charge is -2.24. The van der Waals surface area contributed by atoms with E-state index < -0.39 is 46.6 Å². The summed E-state index contributed by atoms with van der Waals surface area (Å²) >= 11 is 0. The van der Waals surface area contributed by atoms with E-state index in [1.54, 1.807) is 0 Å². The van der Waals surface area contributed by atoms with Crippen LogP contribution in [-0.2, 0) is 5.92 Å². The van der Waals surface area contributed by atoms with Gasteiger partial charge in [-0.2, -0.15) is 35.1 Å². The molecule has 21 heavy (non-hydrogen) atoms. The fourth-order valence-corrected chi connectivity index (χ4v) is 1.72. The van der Waals surface area contributed by atoms with Crippen LogP contribution in [0.25, 0.3) is 0 Å². The van der Waals surface area contributed by atoms with Crippen LogP contribution in [0, 0.1) is 6.92 Å². The second-order valence-corrected chi connectivity index (χ2v) is 4.56. The third-order valence-corrected chi connectivity index (χ3v) is 3.03. The number of hydrogen-bond acceptors (Lipinski definition) is 1. The van der Waals surface area contributed by atoms with Gasteiger partial charge in [0.15, 0.2) is 0 Å². The second kappa shape index (κ2) is 5.03. The van der Waals surface area contributed by atoms with Gasteiger partial charge in [-0.3, -0.25) is 0 Å². The topological polar surface area (TPSA) is 20.2 Å². The Kier molecular flexibility index (Phi) is 4.19. The van der Waals surface area contributed by atoms with Gasteiger partial charge in [-0.05, 0) is 31.5 Å². The van der Waals surface area contributed by atoms with Crippen molar-refractivity contribution in [2.75, 3.05) is 0 Å². The number of aryl methyl sites for hydroxylation is 1. The molecule has 1 rings (SSSR count). The Morgan fingerprint density at radius 3 is 1.81 bits per heavy atom. The molecule has 0 aliphatic heterocycles. The Labute approximate surface area is 114 Å². The maximum Gasteiger partial charge on any atom is 0.458 e. The maximum absolute atomic E-state index is 13.3. The Morgan fingerprint density at radius 2 is 1.43 bits per heavy atom. The zero-order valence-electron chi connectivity index (χ0n) is 10.7. The van der Waals surface area contributed by atoms with Gasteiger partial charge in [-0.1, -0.05) is 0 Å². The van der Waals surface area contributed by atoms with Crippen LogP contribution in [0.1, 0.15) is 29.5 Å². The van der Waals surface area contributed by atoms with Gasteiger partial charge in [0.05, 0.1) is 5.92 Å². The predicted molar refractivity (Wildman–Crippen MR) is 57.3 cm³/mol. The van der Waals surface area contributed by atoms with E-state index in [4.69, 9.17) is 0 Å². The molecule has 1 nitrogen and oxygen atoms in total. The van der Waals surface area contributed by atoms with Gasteiger partial charge >= 0.3 is 18.3 Å². The van der Waals surface area contributed by atoms with E-state index in [1.807, 2.05) is 0 Å². The summed E-state index contributed by atoms with van der Waals surface area (Å²) in [5.41, 5.74) is -3.31. The number of hydrogen-bond donors (Lipinski definition) is 1. The molecule has 0 spiro atoms. The SMILES string of the molecule is Cc1cc(O)c(C(C)C(F)(F)F)cc1C(F)(F)C(F)(F)F. The molecule has 1 aromatic rings. The van der Waals surface area contributed by atoms with Crippen molar-refractivity contribution in [1.82, 2.24) is 0 Å². The van der Waals surface area contributed by atoms with E-state index in [-0.39, 0.29) is 6.07 Å². The molecule has 1 unspecified atom stereocenters. The minimum atomic E-state index is -5.95. The Hall–Kier alpha value is -1.54. The predicted octanol–water partition coefficient (Wildman–Crippen LogP) is 5.02. The number of phenolic OH excluding ortho intramolecular Hbond substituents is 1. The first-order valence-electron chi connectivity index (χ1n) is 5.54.